The lowest BCUT2D eigenvalue weighted by molar-refractivity contribution is 0.660. The van der Waals surface area contributed by atoms with Gasteiger partial charge in [-0.1, -0.05) is 20.3 Å². The first-order valence-electron chi connectivity index (χ1n) is 6.49. The van der Waals surface area contributed by atoms with Crippen LogP contribution >= 0.6 is 11.3 Å². The van der Waals surface area contributed by atoms with Crippen LogP contribution in [0.15, 0.2) is 0 Å². The quantitative estimate of drug-likeness (QED) is 0.811. The van der Waals surface area contributed by atoms with Gasteiger partial charge in [-0.25, -0.2) is 4.98 Å². The molecule has 0 aromatic carbocycles. The van der Waals surface area contributed by atoms with Crippen LogP contribution in [0.2, 0.25) is 0 Å². The Balaban J connectivity index is 2.89. The number of anilines is 1. The molecule has 0 saturated carbocycles. The predicted molar refractivity (Wildman–Crippen MR) is 77.0 cm³/mol. The average Bonchev–Trinajstić information content (AvgIpc) is 2.72. The number of aromatic nitrogens is 1. The number of thiazole rings is 1. The minimum atomic E-state index is 0.554. The van der Waals surface area contributed by atoms with Crippen LogP contribution in [0.1, 0.15) is 44.2 Å². The first-order chi connectivity index (χ1) is 8.13. The van der Waals surface area contributed by atoms with Crippen molar-refractivity contribution in [3.8, 4) is 0 Å². The zero-order chi connectivity index (χ0) is 12.8. The van der Waals surface area contributed by atoms with Gasteiger partial charge >= 0.3 is 0 Å². The van der Waals surface area contributed by atoms with Crippen LogP contribution in [0.5, 0.6) is 0 Å². The van der Waals surface area contributed by atoms with Gasteiger partial charge in [0, 0.05) is 24.5 Å². The Kier molecular flexibility index (Phi) is 5.92. The fourth-order valence-electron chi connectivity index (χ4n) is 1.71. The van der Waals surface area contributed by atoms with Crippen LogP contribution in [0.4, 0.5) is 5.13 Å². The molecule has 17 heavy (non-hydrogen) atoms. The molecule has 0 saturated heterocycles. The molecular formula is C13H25N3S. The number of hydrogen-bond donors (Lipinski definition) is 1. The Morgan fingerprint density at radius 2 is 2.12 bits per heavy atom. The van der Waals surface area contributed by atoms with E-state index in [0.29, 0.717) is 6.04 Å². The summed E-state index contributed by atoms with van der Waals surface area (Å²) in [5, 5.41) is 4.39. The van der Waals surface area contributed by atoms with Crippen LogP contribution < -0.4 is 10.2 Å². The summed E-state index contributed by atoms with van der Waals surface area (Å²) in [7, 11) is 4.14. The zero-order valence-corrected chi connectivity index (χ0v) is 12.5. The van der Waals surface area contributed by atoms with Crippen molar-refractivity contribution in [1.29, 1.82) is 0 Å². The second-order valence-electron chi connectivity index (χ2n) is 4.51. The minimum absolute atomic E-state index is 0.554. The highest BCUT2D eigenvalue weighted by atomic mass is 32.1. The molecular weight excluding hydrogens is 230 g/mol. The number of rotatable bonds is 7. The van der Waals surface area contributed by atoms with E-state index in [9.17, 15) is 0 Å². The van der Waals surface area contributed by atoms with E-state index in [1.165, 1.54) is 10.6 Å². The molecule has 1 atom stereocenters. The summed E-state index contributed by atoms with van der Waals surface area (Å²) in [5.41, 5.74) is 1.28. The molecule has 0 fully saturated rings. The van der Waals surface area contributed by atoms with E-state index < -0.39 is 0 Å². The van der Waals surface area contributed by atoms with Gasteiger partial charge in [0.2, 0.25) is 0 Å². The fourth-order valence-corrected chi connectivity index (χ4v) is 2.90. The summed E-state index contributed by atoms with van der Waals surface area (Å²) >= 11 is 1.83. The summed E-state index contributed by atoms with van der Waals surface area (Å²) in [4.78, 5) is 8.48. The standard InChI is InChI=1S/C13H25N3S/c1-6-8-11-12(9-14-4)17-13(15-11)16(5)10(3)7-2/h10,14H,6-9H2,1-5H3. The Labute approximate surface area is 109 Å². The van der Waals surface area contributed by atoms with Gasteiger partial charge < -0.3 is 10.2 Å². The van der Waals surface area contributed by atoms with Gasteiger partial charge in [0.15, 0.2) is 5.13 Å². The Morgan fingerprint density at radius 1 is 1.41 bits per heavy atom. The maximum atomic E-state index is 4.79. The summed E-state index contributed by atoms with van der Waals surface area (Å²) in [6.07, 6.45) is 3.40. The maximum absolute atomic E-state index is 4.79. The van der Waals surface area contributed by atoms with E-state index in [0.717, 1.165) is 30.9 Å². The summed E-state index contributed by atoms with van der Waals surface area (Å²) in [6.45, 7) is 7.61. The number of nitrogens with zero attached hydrogens (tertiary/aromatic N) is 2. The first kappa shape index (κ1) is 14.5. The smallest absolute Gasteiger partial charge is 0.185 e. The van der Waals surface area contributed by atoms with Crippen molar-refractivity contribution in [2.75, 3.05) is 19.0 Å². The van der Waals surface area contributed by atoms with Crippen molar-refractivity contribution < 1.29 is 0 Å². The second-order valence-corrected chi connectivity index (χ2v) is 5.58. The molecule has 0 radical (unpaired) electrons. The molecule has 3 nitrogen and oxygen atoms in total. The van der Waals surface area contributed by atoms with Gasteiger partial charge in [-0.2, -0.15) is 0 Å². The molecule has 0 aliphatic heterocycles. The van der Waals surface area contributed by atoms with Crippen LogP contribution in [0.25, 0.3) is 0 Å². The maximum Gasteiger partial charge on any atom is 0.185 e. The zero-order valence-electron chi connectivity index (χ0n) is 11.7. The van der Waals surface area contributed by atoms with Crippen molar-refractivity contribution in [2.24, 2.45) is 0 Å². The second kappa shape index (κ2) is 6.97. The van der Waals surface area contributed by atoms with Crippen LogP contribution in [0.3, 0.4) is 0 Å². The Bertz CT molecular complexity index is 312. The molecule has 1 unspecified atom stereocenters. The molecule has 0 bridgehead atoms. The van der Waals surface area contributed by atoms with E-state index in [2.05, 4.69) is 38.0 Å². The Morgan fingerprint density at radius 3 is 2.65 bits per heavy atom. The molecule has 1 rings (SSSR count). The molecule has 0 aliphatic carbocycles. The van der Waals surface area contributed by atoms with Crippen LogP contribution in [-0.4, -0.2) is 25.1 Å². The van der Waals surface area contributed by atoms with Gasteiger partial charge in [0.25, 0.3) is 0 Å². The van der Waals surface area contributed by atoms with Gasteiger partial charge in [-0.15, -0.1) is 11.3 Å². The third-order valence-corrected chi connectivity index (χ3v) is 4.33. The number of nitrogens with one attached hydrogen (secondary N) is 1. The van der Waals surface area contributed by atoms with E-state index in [1.807, 2.05) is 18.4 Å². The normalized spacial score (nSPS) is 12.8. The molecule has 4 heteroatoms. The number of aryl methyl sites for hydroxylation is 1. The molecule has 1 aromatic heterocycles. The monoisotopic (exact) mass is 255 g/mol. The molecule has 0 aliphatic rings. The van der Waals surface area contributed by atoms with Crippen molar-refractivity contribution in [3.05, 3.63) is 10.6 Å². The first-order valence-corrected chi connectivity index (χ1v) is 7.31. The van der Waals surface area contributed by atoms with Gasteiger partial charge in [0.05, 0.1) is 5.69 Å². The summed E-state index contributed by atoms with van der Waals surface area (Å²) in [6, 6.07) is 0.554. The molecule has 1 N–H and O–H groups in total. The van der Waals surface area contributed by atoms with Crippen molar-refractivity contribution >= 4 is 16.5 Å². The highest BCUT2D eigenvalue weighted by Gasteiger charge is 2.15. The van der Waals surface area contributed by atoms with Crippen molar-refractivity contribution in [2.45, 2.75) is 52.6 Å². The van der Waals surface area contributed by atoms with Crippen molar-refractivity contribution in [1.82, 2.24) is 10.3 Å². The minimum Gasteiger partial charge on any atom is -0.348 e. The molecule has 0 amide bonds. The Hall–Kier alpha value is -0.610. The molecule has 1 heterocycles. The topological polar surface area (TPSA) is 28.2 Å². The van der Waals surface area contributed by atoms with Gasteiger partial charge in [0.1, 0.15) is 0 Å². The van der Waals surface area contributed by atoms with E-state index >= 15 is 0 Å². The van der Waals surface area contributed by atoms with E-state index in [4.69, 9.17) is 4.98 Å². The van der Waals surface area contributed by atoms with Crippen molar-refractivity contribution in [3.63, 3.8) is 0 Å². The van der Waals surface area contributed by atoms with Crippen LogP contribution in [-0.2, 0) is 13.0 Å². The molecule has 98 valence electrons. The lowest BCUT2D eigenvalue weighted by atomic mass is 10.2. The van der Waals surface area contributed by atoms with Gasteiger partial charge in [-0.05, 0) is 26.8 Å². The summed E-state index contributed by atoms with van der Waals surface area (Å²) < 4.78 is 0. The fraction of sp³-hybridized carbons (Fsp3) is 0.769. The third-order valence-electron chi connectivity index (χ3n) is 3.14. The van der Waals surface area contributed by atoms with E-state index in [1.54, 1.807) is 0 Å². The SMILES string of the molecule is CCCc1nc(N(C)C(C)CC)sc1CNC. The van der Waals surface area contributed by atoms with Crippen LogP contribution in [0, 0.1) is 0 Å². The summed E-state index contributed by atoms with van der Waals surface area (Å²) in [5.74, 6) is 0. The van der Waals surface area contributed by atoms with E-state index in [-0.39, 0.29) is 0 Å². The lowest BCUT2D eigenvalue weighted by Crippen LogP contribution is -2.27. The average molecular weight is 255 g/mol. The molecule has 0 spiro atoms. The highest BCUT2D eigenvalue weighted by Crippen LogP contribution is 2.28. The third kappa shape index (κ3) is 3.68. The number of hydrogen-bond acceptors (Lipinski definition) is 4. The molecule has 1 aromatic rings. The lowest BCUT2D eigenvalue weighted by Gasteiger charge is -2.22. The predicted octanol–water partition coefficient (Wildman–Crippen LogP) is 3.05. The van der Waals surface area contributed by atoms with Gasteiger partial charge in [-0.3, -0.25) is 0 Å². The highest BCUT2D eigenvalue weighted by molar-refractivity contribution is 7.15. The largest absolute Gasteiger partial charge is 0.348 e.